The highest BCUT2D eigenvalue weighted by Crippen LogP contribution is 2.33. The summed E-state index contributed by atoms with van der Waals surface area (Å²) in [5.74, 6) is 1.40. The fraction of sp³-hybridized carbons (Fsp3) is 0.474. The smallest absolute Gasteiger partial charge is 0.276 e. The molecule has 0 aromatic heterocycles. The number of carbonyl (C=O) groups is 1. The predicted molar refractivity (Wildman–Crippen MR) is 102 cm³/mol. The SMILES string of the molecule is COc1ccc(/C=C2\NC(=S)N(C3CCCCC3)C2=O)c(OC)c1C. The summed E-state index contributed by atoms with van der Waals surface area (Å²) in [4.78, 5) is 14.6. The van der Waals surface area contributed by atoms with Crippen molar-refractivity contribution in [1.29, 1.82) is 0 Å². The summed E-state index contributed by atoms with van der Waals surface area (Å²) in [7, 11) is 3.25. The van der Waals surface area contributed by atoms with Gasteiger partial charge in [0.25, 0.3) is 5.91 Å². The van der Waals surface area contributed by atoms with Crippen molar-refractivity contribution in [2.75, 3.05) is 14.2 Å². The van der Waals surface area contributed by atoms with Crippen LogP contribution >= 0.6 is 12.2 Å². The van der Waals surface area contributed by atoms with Crippen LogP contribution in [0.3, 0.4) is 0 Å². The minimum atomic E-state index is -0.0487. The third kappa shape index (κ3) is 3.35. The van der Waals surface area contributed by atoms with E-state index in [1.165, 1.54) is 6.42 Å². The molecule has 0 atom stereocenters. The number of carbonyl (C=O) groups excluding carboxylic acids is 1. The van der Waals surface area contributed by atoms with Crippen molar-refractivity contribution in [3.63, 3.8) is 0 Å². The molecular weight excluding hydrogens is 336 g/mol. The number of nitrogens with zero attached hydrogens (tertiary/aromatic N) is 1. The summed E-state index contributed by atoms with van der Waals surface area (Å²) >= 11 is 5.42. The van der Waals surface area contributed by atoms with E-state index in [-0.39, 0.29) is 11.9 Å². The molecule has 1 aliphatic carbocycles. The number of ether oxygens (including phenoxy) is 2. The van der Waals surface area contributed by atoms with Crippen LogP contribution in [0.25, 0.3) is 6.08 Å². The zero-order valence-corrected chi connectivity index (χ0v) is 15.7. The van der Waals surface area contributed by atoms with Gasteiger partial charge in [0.2, 0.25) is 0 Å². The van der Waals surface area contributed by atoms with E-state index < -0.39 is 0 Å². The fourth-order valence-corrected chi connectivity index (χ4v) is 4.02. The van der Waals surface area contributed by atoms with Crippen LogP contribution in [0.2, 0.25) is 0 Å². The van der Waals surface area contributed by atoms with Crippen LogP contribution in [0, 0.1) is 6.92 Å². The van der Waals surface area contributed by atoms with Gasteiger partial charge in [-0.05, 0) is 50.2 Å². The molecule has 1 N–H and O–H groups in total. The number of hydrogen-bond donors (Lipinski definition) is 1. The van der Waals surface area contributed by atoms with E-state index in [1.54, 1.807) is 19.1 Å². The number of thiocarbonyl (C=S) groups is 1. The summed E-state index contributed by atoms with van der Waals surface area (Å²) in [6.45, 7) is 1.93. The molecule has 2 aliphatic rings. The molecule has 6 heteroatoms. The van der Waals surface area contributed by atoms with Gasteiger partial charge >= 0.3 is 0 Å². The molecule has 0 bridgehead atoms. The molecule has 0 radical (unpaired) electrons. The summed E-state index contributed by atoms with van der Waals surface area (Å²) < 4.78 is 10.9. The molecule has 1 heterocycles. The van der Waals surface area contributed by atoms with Gasteiger partial charge in [-0.3, -0.25) is 9.69 Å². The summed E-state index contributed by atoms with van der Waals surface area (Å²) in [5.41, 5.74) is 2.22. The van der Waals surface area contributed by atoms with Gasteiger partial charge in [-0.2, -0.15) is 0 Å². The summed E-state index contributed by atoms with van der Waals surface area (Å²) in [6.07, 6.45) is 7.40. The zero-order valence-electron chi connectivity index (χ0n) is 14.9. The Morgan fingerprint density at radius 3 is 2.56 bits per heavy atom. The lowest BCUT2D eigenvalue weighted by molar-refractivity contribution is -0.124. The first-order valence-electron chi connectivity index (χ1n) is 8.64. The summed E-state index contributed by atoms with van der Waals surface area (Å²) in [5, 5.41) is 3.59. The lowest BCUT2D eigenvalue weighted by Crippen LogP contribution is -2.41. The van der Waals surface area contributed by atoms with E-state index >= 15 is 0 Å². The van der Waals surface area contributed by atoms with Gasteiger partial charge in [0.15, 0.2) is 5.11 Å². The van der Waals surface area contributed by atoms with Gasteiger partial charge in [-0.1, -0.05) is 19.3 Å². The van der Waals surface area contributed by atoms with Gasteiger partial charge < -0.3 is 14.8 Å². The molecule has 1 aliphatic heterocycles. The Balaban J connectivity index is 1.91. The largest absolute Gasteiger partial charge is 0.496 e. The number of benzene rings is 1. The maximum absolute atomic E-state index is 12.9. The average molecular weight is 360 g/mol. The number of rotatable bonds is 4. The fourth-order valence-electron chi connectivity index (χ4n) is 3.68. The number of hydrogen-bond acceptors (Lipinski definition) is 4. The Kier molecular flexibility index (Phi) is 5.27. The second kappa shape index (κ2) is 7.44. The van der Waals surface area contributed by atoms with Crippen molar-refractivity contribution in [2.45, 2.75) is 45.1 Å². The molecule has 5 nitrogen and oxygen atoms in total. The second-order valence-electron chi connectivity index (χ2n) is 6.47. The molecule has 1 aromatic carbocycles. The highest BCUT2D eigenvalue weighted by molar-refractivity contribution is 7.80. The first-order chi connectivity index (χ1) is 12.1. The van der Waals surface area contributed by atoms with Crippen LogP contribution in [0.15, 0.2) is 17.8 Å². The van der Waals surface area contributed by atoms with Crippen molar-refractivity contribution in [2.24, 2.45) is 0 Å². The van der Waals surface area contributed by atoms with E-state index in [2.05, 4.69) is 5.32 Å². The van der Waals surface area contributed by atoms with Gasteiger partial charge in [-0.25, -0.2) is 0 Å². The van der Waals surface area contributed by atoms with Crippen LogP contribution in [-0.2, 0) is 4.79 Å². The van der Waals surface area contributed by atoms with E-state index in [9.17, 15) is 4.79 Å². The normalized spacial score (nSPS) is 20.1. The molecule has 1 saturated heterocycles. The van der Waals surface area contributed by atoms with E-state index in [0.717, 1.165) is 42.6 Å². The molecule has 25 heavy (non-hydrogen) atoms. The molecule has 1 saturated carbocycles. The standard InChI is InChI=1S/C19H24N2O3S/c1-12-16(23-2)10-9-13(17(12)24-3)11-15-18(22)21(19(25)20-15)14-7-5-4-6-8-14/h9-11,14H,4-8H2,1-3H3,(H,20,25)/b15-11-. The monoisotopic (exact) mass is 360 g/mol. The Hall–Kier alpha value is -2.08. The molecular formula is C19H24N2O3S. The Morgan fingerprint density at radius 1 is 1.20 bits per heavy atom. The Bertz CT molecular complexity index is 724. The van der Waals surface area contributed by atoms with E-state index in [0.29, 0.717) is 16.6 Å². The zero-order chi connectivity index (χ0) is 18.0. The molecule has 1 aromatic rings. The van der Waals surface area contributed by atoms with Gasteiger partial charge in [0, 0.05) is 17.2 Å². The highest BCUT2D eigenvalue weighted by atomic mass is 32.1. The third-order valence-electron chi connectivity index (χ3n) is 4.96. The van der Waals surface area contributed by atoms with Gasteiger partial charge in [0.1, 0.15) is 17.2 Å². The van der Waals surface area contributed by atoms with Crippen molar-refractivity contribution >= 4 is 29.3 Å². The molecule has 134 valence electrons. The molecule has 3 rings (SSSR count). The quantitative estimate of drug-likeness (QED) is 0.659. The minimum Gasteiger partial charge on any atom is -0.496 e. The van der Waals surface area contributed by atoms with Gasteiger partial charge in [0.05, 0.1) is 14.2 Å². The number of nitrogens with one attached hydrogen (secondary N) is 1. The van der Waals surface area contributed by atoms with Crippen molar-refractivity contribution in [1.82, 2.24) is 10.2 Å². The third-order valence-corrected chi connectivity index (χ3v) is 5.26. The summed E-state index contributed by atoms with van der Waals surface area (Å²) in [6, 6.07) is 3.98. The van der Waals surface area contributed by atoms with E-state index in [4.69, 9.17) is 21.7 Å². The van der Waals surface area contributed by atoms with Crippen LogP contribution in [0.4, 0.5) is 0 Å². The Labute approximate surface area is 154 Å². The topological polar surface area (TPSA) is 50.8 Å². The Morgan fingerprint density at radius 2 is 1.92 bits per heavy atom. The van der Waals surface area contributed by atoms with Crippen molar-refractivity contribution in [3.8, 4) is 11.5 Å². The second-order valence-corrected chi connectivity index (χ2v) is 6.86. The van der Waals surface area contributed by atoms with Crippen LogP contribution in [-0.4, -0.2) is 36.2 Å². The highest BCUT2D eigenvalue weighted by Gasteiger charge is 2.36. The molecule has 0 unspecified atom stereocenters. The minimum absolute atomic E-state index is 0.0487. The van der Waals surface area contributed by atoms with Crippen molar-refractivity contribution in [3.05, 3.63) is 29.0 Å². The van der Waals surface area contributed by atoms with E-state index in [1.807, 2.05) is 25.1 Å². The van der Waals surface area contributed by atoms with Gasteiger partial charge in [-0.15, -0.1) is 0 Å². The van der Waals surface area contributed by atoms with Crippen LogP contribution in [0.5, 0.6) is 11.5 Å². The van der Waals surface area contributed by atoms with Crippen LogP contribution in [0.1, 0.15) is 43.2 Å². The number of methoxy groups -OCH3 is 2. The first-order valence-corrected chi connectivity index (χ1v) is 9.05. The maximum Gasteiger partial charge on any atom is 0.276 e. The maximum atomic E-state index is 12.9. The lowest BCUT2D eigenvalue weighted by atomic mass is 9.94. The molecule has 1 amide bonds. The molecule has 0 spiro atoms. The lowest BCUT2D eigenvalue weighted by Gasteiger charge is -2.29. The van der Waals surface area contributed by atoms with Crippen LogP contribution < -0.4 is 14.8 Å². The predicted octanol–water partition coefficient (Wildman–Crippen LogP) is 3.40. The average Bonchev–Trinajstić information content (AvgIpc) is 2.90. The number of amides is 1. The first kappa shape index (κ1) is 17.7. The molecule has 2 fully saturated rings. The van der Waals surface area contributed by atoms with Crippen molar-refractivity contribution < 1.29 is 14.3 Å².